The Bertz CT molecular complexity index is 537. The minimum absolute atomic E-state index is 0.214. The molecule has 1 amide bonds. The van der Waals surface area contributed by atoms with Crippen LogP contribution in [0.3, 0.4) is 0 Å². The first-order valence-corrected chi connectivity index (χ1v) is 7.35. The second-order valence-corrected chi connectivity index (χ2v) is 6.66. The lowest BCUT2D eigenvalue weighted by Gasteiger charge is -2.23. The Morgan fingerprint density at radius 1 is 1.38 bits per heavy atom. The Balaban J connectivity index is 2.92. The zero-order valence-corrected chi connectivity index (χ0v) is 14.2. The van der Waals surface area contributed by atoms with E-state index in [2.05, 4.69) is 21.2 Å². The predicted molar refractivity (Wildman–Crippen MR) is 83.2 cm³/mol. The molecule has 0 aliphatic rings. The molecule has 0 saturated heterocycles. The van der Waals surface area contributed by atoms with E-state index in [9.17, 15) is 9.59 Å². The number of benzene rings is 1. The van der Waals surface area contributed by atoms with Crippen molar-refractivity contribution in [1.29, 1.82) is 0 Å². The first-order valence-electron chi connectivity index (χ1n) is 6.56. The van der Waals surface area contributed by atoms with Crippen LogP contribution < -0.4 is 5.32 Å². The van der Waals surface area contributed by atoms with Crippen LogP contribution in [0.5, 0.6) is 0 Å². The minimum atomic E-state index is -0.993. The van der Waals surface area contributed by atoms with Gasteiger partial charge in [0.25, 0.3) is 0 Å². The number of aliphatic carboxylic acids is 1. The summed E-state index contributed by atoms with van der Waals surface area (Å²) in [5, 5.41) is 11.6. The summed E-state index contributed by atoms with van der Waals surface area (Å²) < 4.78 is 6.03. The lowest BCUT2D eigenvalue weighted by atomic mass is 10.0. The summed E-state index contributed by atoms with van der Waals surface area (Å²) in [4.78, 5) is 22.8. The third-order valence-electron chi connectivity index (χ3n) is 2.67. The van der Waals surface area contributed by atoms with Gasteiger partial charge in [0.1, 0.15) is 5.60 Å². The summed E-state index contributed by atoms with van der Waals surface area (Å²) in [6, 6.07) is 4.82. The van der Waals surface area contributed by atoms with Crippen molar-refractivity contribution in [3.8, 4) is 0 Å². The normalized spacial score (nSPS) is 12.6. The Morgan fingerprint density at radius 2 is 2.00 bits per heavy atom. The Labute approximate surface area is 132 Å². The van der Waals surface area contributed by atoms with Gasteiger partial charge in [-0.15, -0.1) is 0 Å². The molecular formula is C15H20BrNO4. The molecule has 6 heteroatoms. The number of carbonyl (C=O) groups is 2. The maximum Gasteiger partial charge on any atom is 0.408 e. The maximum atomic E-state index is 11.8. The van der Waals surface area contributed by atoms with Crippen LogP contribution in [0.15, 0.2) is 22.7 Å². The van der Waals surface area contributed by atoms with Gasteiger partial charge in [0.2, 0.25) is 0 Å². The number of halogens is 1. The second-order valence-electron chi connectivity index (χ2n) is 5.81. The topological polar surface area (TPSA) is 75.6 Å². The fourth-order valence-corrected chi connectivity index (χ4v) is 2.10. The molecule has 0 aliphatic heterocycles. The van der Waals surface area contributed by atoms with Gasteiger partial charge in [0.05, 0.1) is 12.5 Å². The quantitative estimate of drug-likeness (QED) is 0.859. The van der Waals surface area contributed by atoms with Crippen LogP contribution in [0.4, 0.5) is 4.79 Å². The smallest absolute Gasteiger partial charge is 0.408 e. The molecule has 1 rings (SSSR count). The standard InChI is InChI=1S/C15H20BrNO4/c1-9-5-6-10(7-11(9)16)12(8-13(18)19)17-14(20)21-15(2,3)4/h5-7,12H,8H2,1-4H3,(H,17,20)(H,18,19)/t12-/m0/s1. The van der Waals surface area contributed by atoms with E-state index in [1.807, 2.05) is 13.0 Å². The molecular weight excluding hydrogens is 338 g/mol. The summed E-state index contributed by atoms with van der Waals surface area (Å²) in [7, 11) is 0. The van der Waals surface area contributed by atoms with Gasteiger partial charge in [0.15, 0.2) is 0 Å². The first-order chi connectivity index (χ1) is 9.58. The van der Waals surface area contributed by atoms with Crippen molar-refractivity contribution in [2.24, 2.45) is 0 Å². The molecule has 0 spiro atoms. The van der Waals surface area contributed by atoms with Gasteiger partial charge in [-0.3, -0.25) is 4.79 Å². The zero-order chi connectivity index (χ0) is 16.2. The van der Waals surface area contributed by atoms with Gasteiger partial charge in [-0.25, -0.2) is 4.79 Å². The van der Waals surface area contributed by atoms with E-state index in [0.29, 0.717) is 5.56 Å². The van der Waals surface area contributed by atoms with Gasteiger partial charge in [-0.05, 0) is 44.9 Å². The van der Waals surface area contributed by atoms with E-state index < -0.39 is 23.7 Å². The third kappa shape index (κ3) is 6.16. The molecule has 5 nitrogen and oxygen atoms in total. The molecule has 0 unspecified atom stereocenters. The highest BCUT2D eigenvalue weighted by molar-refractivity contribution is 9.10. The van der Waals surface area contributed by atoms with Crippen LogP contribution in [0.2, 0.25) is 0 Å². The largest absolute Gasteiger partial charge is 0.481 e. The van der Waals surface area contributed by atoms with Crippen molar-refractivity contribution < 1.29 is 19.4 Å². The van der Waals surface area contributed by atoms with Crippen LogP contribution in [0, 0.1) is 6.92 Å². The van der Waals surface area contributed by atoms with Gasteiger partial charge in [-0.1, -0.05) is 28.1 Å². The summed E-state index contributed by atoms with van der Waals surface area (Å²) in [5.41, 5.74) is 1.11. The third-order valence-corrected chi connectivity index (χ3v) is 3.52. The number of alkyl carbamates (subject to hydrolysis) is 1. The molecule has 0 heterocycles. The van der Waals surface area contributed by atoms with E-state index in [4.69, 9.17) is 9.84 Å². The Morgan fingerprint density at radius 3 is 2.48 bits per heavy atom. The minimum Gasteiger partial charge on any atom is -0.481 e. The molecule has 0 radical (unpaired) electrons. The molecule has 0 bridgehead atoms. The summed E-state index contributed by atoms with van der Waals surface area (Å²) >= 11 is 3.40. The van der Waals surface area contributed by atoms with Crippen molar-refractivity contribution in [1.82, 2.24) is 5.32 Å². The number of hydrogen-bond acceptors (Lipinski definition) is 3. The number of rotatable bonds is 4. The molecule has 2 N–H and O–H groups in total. The Hall–Kier alpha value is -1.56. The second kappa shape index (κ2) is 6.93. The molecule has 1 aromatic carbocycles. The summed E-state index contributed by atoms with van der Waals surface area (Å²) in [5.74, 6) is -0.993. The van der Waals surface area contributed by atoms with Crippen LogP contribution in [-0.4, -0.2) is 22.8 Å². The molecule has 0 saturated carbocycles. The fraction of sp³-hybridized carbons (Fsp3) is 0.467. The zero-order valence-electron chi connectivity index (χ0n) is 12.6. The maximum absolute atomic E-state index is 11.8. The van der Waals surface area contributed by atoms with E-state index in [1.165, 1.54) is 0 Å². The van der Waals surface area contributed by atoms with Gasteiger partial charge >= 0.3 is 12.1 Å². The number of carbonyl (C=O) groups excluding carboxylic acids is 1. The van der Waals surface area contributed by atoms with E-state index >= 15 is 0 Å². The van der Waals surface area contributed by atoms with Crippen molar-refractivity contribution >= 4 is 28.0 Å². The SMILES string of the molecule is Cc1ccc([C@H](CC(=O)O)NC(=O)OC(C)(C)C)cc1Br. The summed E-state index contributed by atoms with van der Waals surface area (Å²) in [6.45, 7) is 7.19. The van der Waals surface area contributed by atoms with E-state index in [-0.39, 0.29) is 6.42 Å². The number of carboxylic acid groups (broad SMARTS) is 1. The fourth-order valence-electron chi connectivity index (χ4n) is 1.70. The number of ether oxygens (including phenoxy) is 1. The van der Waals surface area contributed by atoms with Crippen molar-refractivity contribution in [3.63, 3.8) is 0 Å². The number of aryl methyl sites for hydroxylation is 1. The summed E-state index contributed by atoms with van der Waals surface area (Å²) in [6.07, 6.45) is -0.847. The molecule has 0 fully saturated rings. The van der Waals surface area contributed by atoms with Gasteiger partial charge in [0, 0.05) is 4.47 Å². The van der Waals surface area contributed by atoms with Gasteiger partial charge in [-0.2, -0.15) is 0 Å². The monoisotopic (exact) mass is 357 g/mol. The molecule has 21 heavy (non-hydrogen) atoms. The average Bonchev–Trinajstić information content (AvgIpc) is 2.28. The van der Waals surface area contributed by atoms with Gasteiger partial charge < -0.3 is 15.2 Å². The molecule has 1 aromatic rings. The highest BCUT2D eigenvalue weighted by Crippen LogP contribution is 2.24. The van der Waals surface area contributed by atoms with Crippen molar-refractivity contribution in [3.05, 3.63) is 33.8 Å². The number of amides is 1. The first kappa shape index (κ1) is 17.5. The van der Waals surface area contributed by atoms with Crippen molar-refractivity contribution in [2.45, 2.75) is 45.8 Å². The predicted octanol–water partition coefficient (Wildman–Crippen LogP) is 3.80. The van der Waals surface area contributed by atoms with Crippen LogP contribution in [-0.2, 0) is 9.53 Å². The number of nitrogens with one attached hydrogen (secondary N) is 1. The van der Waals surface area contributed by atoms with Crippen LogP contribution in [0.25, 0.3) is 0 Å². The lowest BCUT2D eigenvalue weighted by molar-refractivity contribution is -0.137. The molecule has 1 atom stereocenters. The van der Waals surface area contributed by atoms with Crippen LogP contribution >= 0.6 is 15.9 Å². The van der Waals surface area contributed by atoms with E-state index in [0.717, 1.165) is 10.0 Å². The number of carboxylic acids is 1. The molecule has 0 aliphatic carbocycles. The highest BCUT2D eigenvalue weighted by Gasteiger charge is 2.22. The lowest BCUT2D eigenvalue weighted by Crippen LogP contribution is -2.35. The highest BCUT2D eigenvalue weighted by atomic mass is 79.9. The Kier molecular flexibility index (Phi) is 5.78. The average molecular weight is 358 g/mol. The van der Waals surface area contributed by atoms with Crippen LogP contribution in [0.1, 0.15) is 44.4 Å². The molecule has 0 aromatic heterocycles. The van der Waals surface area contributed by atoms with Crippen molar-refractivity contribution in [2.75, 3.05) is 0 Å². The van der Waals surface area contributed by atoms with E-state index in [1.54, 1.807) is 32.9 Å². The number of hydrogen-bond donors (Lipinski definition) is 2. The molecule has 116 valence electrons.